The number of halogens is 3. The van der Waals surface area contributed by atoms with Crippen molar-refractivity contribution < 1.29 is 18.7 Å². The van der Waals surface area contributed by atoms with E-state index < -0.39 is 18.1 Å². The zero-order chi connectivity index (χ0) is 11.6. The van der Waals surface area contributed by atoms with E-state index in [1.165, 1.54) is 13.0 Å². The van der Waals surface area contributed by atoms with Gasteiger partial charge < -0.3 is 5.11 Å². The number of hydrogen-bond donors (Lipinski definition) is 1. The van der Waals surface area contributed by atoms with Gasteiger partial charge in [0.05, 0.1) is 0 Å². The van der Waals surface area contributed by atoms with Crippen molar-refractivity contribution in [2.45, 2.75) is 18.7 Å². The van der Waals surface area contributed by atoms with Crippen molar-refractivity contribution in [1.29, 1.82) is 0 Å². The molecule has 0 saturated carbocycles. The zero-order valence-electron chi connectivity index (χ0n) is 7.80. The Labute approximate surface area is 93.3 Å². The number of pyridine rings is 1. The molecule has 0 spiro atoms. The van der Waals surface area contributed by atoms with Crippen molar-refractivity contribution >= 4 is 21.9 Å². The number of aromatic carboxylic acids is 1. The molecule has 0 atom stereocenters. The van der Waals surface area contributed by atoms with Crippen LogP contribution in [0.3, 0.4) is 0 Å². The molecule has 0 aliphatic carbocycles. The summed E-state index contributed by atoms with van der Waals surface area (Å²) in [5, 5.41) is 9.04. The van der Waals surface area contributed by atoms with Crippen LogP contribution in [0, 0.1) is 6.92 Å². The molecule has 1 aromatic rings. The van der Waals surface area contributed by atoms with E-state index >= 15 is 0 Å². The zero-order valence-corrected chi connectivity index (χ0v) is 9.38. The van der Waals surface area contributed by atoms with Crippen molar-refractivity contribution in [3.63, 3.8) is 0 Å². The Morgan fingerprint density at radius 1 is 1.67 bits per heavy atom. The molecule has 0 aliphatic heterocycles. The van der Waals surface area contributed by atoms with Crippen LogP contribution in [0.4, 0.5) is 8.78 Å². The molecule has 0 bridgehead atoms. The Morgan fingerprint density at radius 3 is 2.67 bits per heavy atom. The van der Waals surface area contributed by atoms with Gasteiger partial charge in [0.25, 0.3) is 6.43 Å². The van der Waals surface area contributed by atoms with Crippen LogP contribution in [-0.4, -0.2) is 16.1 Å². The van der Waals surface area contributed by atoms with Gasteiger partial charge in [-0.2, -0.15) is 0 Å². The fourth-order valence-corrected chi connectivity index (χ4v) is 1.62. The minimum Gasteiger partial charge on any atom is -0.477 e. The largest absolute Gasteiger partial charge is 0.477 e. The van der Waals surface area contributed by atoms with Crippen LogP contribution in [0.2, 0.25) is 0 Å². The molecule has 1 N–H and O–H groups in total. The monoisotopic (exact) mass is 279 g/mol. The van der Waals surface area contributed by atoms with Crippen LogP contribution in [-0.2, 0) is 5.33 Å². The van der Waals surface area contributed by atoms with Gasteiger partial charge >= 0.3 is 5.97 Å². The third kappa shape index (κ3) is 2.50. The number of carboxylic acids is 1. The second-order valence-corrected chi connectivity index (χ2v) is 3.50. The summed E-state index contributed by atoms with van der Waals surface area (Å²) in [6.45, 7) is 1.48. The molecule has 0 aromatic carbocycles. The number of nitrogens with zero attached hydrogens (tertiary/aromatic N) is 1. The van der Waals surface area contributed by atoms with Crippen LogP contribution in [0.1, 0.15) is 33.7 Å². The molecule has 1 rings (SSSR count). The van der Waals surface area contributed by atoms with E-state index in [1.807, 2.05) is 0 Å². The SMILES string of the molecule is Cc1cc(CBr)c(C(=O)O)nc1C(F)F. The quantitative estimate of drug-likeness (QED) is 0.866. The number of carboxylic acid groups (broad SMARTS) is 1. The number of carbonyl (C=O) groups is 1. The summed E-state index contributed by atoms with van der Waals surface area (Å²) < 4.78 is 24.9. The first-order chi connectivity index (χ1) is 6.97. The van der Waals surface area contributed by atoms with Gasteiger partial charge in [0, 0.05) is 5.33 Å². The standard InChI is InChI=1S/C9H8BrF2NO2/c1-4-2-5(3-10)7(9(14)15)13-6(4)8(11)12/h2,8H,3H2,1H3,(H,14,15). The third-order valence-electron chi connectivity index (χ3n) is 1.88. The van der Waals surface area contributed by atoms with Gasteiger partial charge in [-0.25, -0.2) is 18.6 Å². The topological polar surface area (TPSA) is 50.2 Å². The summed E-state index contributed by atoms with van der Waals surface area (Å²) in [7, 11) is 0. The van der Waals surface area contributed by atoms with Crippen molar-refractivity contribution in [2.24, 2.45) is 0 Å². The number of aromatic nitrogens is 1. The maximum Gasteiger partial charge on any atom is 0.354 e. The second-order valence-electron chi connectivity index (χ2n) is 2.94. The van der Waals surface area contributed by atoms with Gasteiger partial charge in [0.1, 0.15) is 5.69 Å². The van der Waals surface area contributed by atoms with E-state index in [1.54, 1.807) is 0 Å². The van der Waals surface area contributed by atoms with E-state index in [4.69, 9.17) is 5.11 Å². The Balaban J connectivity index is 3.37. The minimum atomic E-state index is -2.76. The molecular formula is C9H8BrF2NO2. The number of hydrogen-bond acceptors (Lipinski definition) is 2. The number of aryl methyl sites for hydroxylation is 1. The number of rotatable bonds is 3. The molecule has 3 nitrogen and oxygen atoms in total. The highest BCUT2D eigenvalue weighted by atomic mass is 79.9. The normalized spacial score (nSPS) is 10.7. The van der Waals surface area contributed by atoms with Crippen LogP contribution < -0.4 is 0 Å². The molecule has 82 valence electrons. The van der Waals surface area contributed by atoms with E-state index in [2.05, 4.69) is 20.9 Å². The van der Waals surface area contributed by atoms with Crippen LogP contribution in [0.15, 0.2) is 6.07 Å². The Morgan fingerprint density at radius 2 is 2.27 bits per heavy atom. The third-order valence-corrected chi connectivity index (χ3v) is 2.49. The van der Waals surface area contributed by atoms with Gasteiger partial charge in [0.2, 0.25) is 0 Å². The molecule has 0 amide bonds. The fraction of sp³-hybridized carbons (Fsp3) is 0.333. The molecule has 1 heterocycles. The maximum absolute atomic E-state index is 12.4. The van der Waals surface area contributed by atoms with Crippen LogP contribution >= 0.6 is 15.9 Å². The molecule has 0 unspecified atom stereocenters. The highest BCUT2D eigenvalue weighted by Crippen LogP contribution is 2.23. The molecule has 15 heavy (non-hydrogen) atoms. The van der Waals surface area contributed by atoms with E-state index in [-0.39, 0.29) is 11.0 Å². The molecule has 0 aliphatic rings. The second kappa shape index (κ2) is 4.65. The Bertz CT molecular complexity index is 396. The molecule has 0 fully saturated rings. The predicted octanol–water partition coefficient (Wildman–Crippen LogP) is 2.92. The Kier molecular flexibility index (Phi) is 3.73. The minimum absolute atomic E-state index is 0.270. The number of alkyl halides is 3. The van der Waals surface area contributed by atoms with Gasteiger partial charge in [-0.3, -0.25) is 0 Å². The average Bonchev–Trinajstić information content (AvgIpc) is 2.16. The Hall–Kier alpha value is -1.04. The lowest BCUT2D eigenvalue weighted by molar-refractivity contribution is 0.0687. The highest BCUT2D eigenvalue weighted by Gasteiger charge is 2.19. The molecule has 1 aromatic heterocycles. The molecule has 6 heteroatoms. The predicted molar refractivity (Wildman–Crippen MR) is 53.5 cm³/mol. The smallest absolute Gasteiger partial charge is 0.354 e. The first-order valence-corrected chi connectivity index (χ1v) is 5.17. The van der Waals surface area contributed by atoms with Crippen molar-refractivity contribution in [2.75, 3.05) is 0 Å². The lowest BCUT2D eigenvalue weighted by atomic mass is 10.1. The van der Waals surface area contributed by atoms with E-state index in [0.29, 0.717) is 11.1 Å². The lowest BCUT2D eigenvalue weighted by Crippen LogP contribution is -2.09. The van der Waals surface area contributed by atoms with Crippen LogP contribution in [0.5, 0.6) is 0 Å². The first-order valence-electron chi connectivity index (χ1n) is 4.05. The molecule has 0 radical (unpaired) electrons. The summed E-state index contributed by atoms with van der Waals surface area (Å²) in [5.74, 6) is -1.30. The highest BCUT2D eigenvalue weighted by molar-refractivity contribution is 9.08. The van der Waals surface area contributed by atoms with Crippen molar-refractivity contribution in [3.05, 3.63) is 28.6 Å². The average molecular weight is 280 g/mol. The summed E-state index contributed by atoms with van der Waals surface area (Å²) in [6.07, 6.45) is -2.76. The summed E-state index contributed by atoms with van der Waals surface area (Å²) in [4.78, 5) is 14.2. The summed E-state index contributed by atoms with van der Waals surface area (Å²) in [6, 6.07) is 1.41. The lowest BCUT2D eigenvalue weighted by Gasteiger charge is -2.08. The molecule has 0 saturated heterocycles. The van der Waals surface area contributed by atoms with Crippen molar-refractivity contribution in [3.8, 4) is 0 Å². The molecular weight excluding hydrogens is 272 g/mol. The van der Waals surface area contributed by atoms with Gasteiger partial charge in [-0.05, 0) is 18.1 Å². The summed E-state index contributed by atoms with van der Waals surface area (Å²) in [5.41, 5.74) is -0.112. The van der Waals surface area contributed by atoms with Gasteiger partial charge in [0.15, 0.2) is 5.69 Å². The first kappa shape index (κ1) is 12.0. The van der Waals surface area contributed by atoms with Gasteiger partial charge in [-0.1, -0.05) is 22.0 Å². The van der Waals surface area contributed by atoms with Crippen molar-refractivity contribution in [1.82, 2.24) is 4.98 Å². The van der Waals surface area contributed by atoms with Crippen LogP contribution in [0.25, 0.3) is 0 Å². The van der Waals surface area contributed by atoms with E-state index in [0.717, 1.165) is 0 Å². The fourth-order valence-electron chi connectivity index (χ4n) is 1.19. The maximum atomic E-state index is 12.4. The van der Waals surface area contributed by atoms with E-state index in [9.17, 15) is 13.6 Å². The van der Waals surface area contributed by atoms with Gasteiger partial charge in [-0.15, -0.1) is 0 Å². The summed E-state index contributed by atoms with van der Waals surface area (Å²) >= 11 is 3.08.